The van der Waals surface area contributed by atoms with Crippen LogP contribution in [0.2, 0.25) is 0 Å². The second-order valence-corrected chi connectivity index (χ2v) is 6.07. The third kappa shape index (κ3) is 2.43. The molecule has 0 amide bonds. The maximum atomic E-state index is 12.5. The van der Waals surface area contributed by atoms with Gasteiger partial charge >= 0.3 is 15.8 Å². The number of benzene rings is 2. The third-order valence-electron chi connectivity index (χ3n) is 2.93. The van der Waals surface area contributed by atoms with E-state index in [1.54, 1.807) is 48.5 Å². The van der Waals surface area contributed by atoms with Crippen molar-refractivity contribution in [3.05, 3.63) is 65.1 Å². The van der Waals surface area contributed by atoms with Crippen LogP contribution in [0.3, 0.4) is 0 Å². The average Bonchev–Trinajstić information content (AvgIpc) is 2.71. The lowest BCUT2D eigenvalue weighted by atomic mass is 10.3. The van der Waals surface area contributed by atoms with Gasteiger partial charge in [0.2, 0.25) is 0 Å². The van der Waals surface area contributed by atoms with E-state index < -0.39 is 15.8 Å². The lowest BCUT2D eigenvalue weighted by molar-refractivity contribution is 0.281. The Labute approximate surface area is 120 Å². The summed E-state index contributed by atoms with van der Waals surface area (Å²) >= 11 is 0. The molecule has 0 radical (unpaired) electrons. The van der Waals surface area contributed by atoms with Gasteiger partial charge in [0.15, 0.2) is 0 Å². The van der Waals surface area contributed by atoms with Crippen molar-refractivity contribution in [3.8, 4) is 5.69 Å². The molecule has 7 heteroatoms. The van der Waals surface area contributed by atoms with E-state index in [-0.39, 0.29) is 0 Å². The number of para-hydroxylation sites is 3. The summed E-state index contributed by atoms with van der Waals surface area (Å²) in [5.41, 5.74) is 1.01. The lowest BCUT2D eigenvalue weighted by Gasteiger charge is -2.02. The van der Waals surface area contributed by atoms with Gasteiger partial charge in [-0.3, -0.25) is 8.85 Å². The number of rotatable bonds is 3. The summed E-state index contributed by atoms with van der Waals surface area (Å²) < 4.78 is 29.7. The first-order valence-electron chi connectivity index (χ1n) is 6.15. The number of fused-ring (bicyclic) bond motifs is 1. The molecule has 0 bridgehead atoms. The standard InChI is InChI=1S/C14H12N2O4S/c1-21(18,19)20-16-13-10-6-5-9-12(13)15(14(16)17)11-7-3-2-4-8-11/h2-10H,1H3. The highest BCUT2D eigenvalue weighted by molar-refractivity contribution is 7.86. The van der Waals surface area contributed by atoms with Gasteiger partial charge in [-0.2, -0.15) is 8.42 Å². The zero-order chi connectivity index (χ0) is 15.0. The topological polar surface area (TPSA) is 70.3 Å². The van der Waals surface area contributed by atoms with Crippen LogP contribution in [-0.2, 0) is 10.1 Å². The minimum atomic E-state index is -3.81. The van der Waals surface area contributed by atoms with E-state index >= 15 is 0 Å². The lowest BCUT2D eigenvalue weighted by Crippen LogP contribution is -2.31. The van der Waals surface area contributed by atoms with Crippen LogP contribution in [0.15, 0.2) is 59.4 Å². The van der Waals surface area contributed by atoms with E-state index in [1.165, 1.54) is 4.57 Å². The number of hydrogen-bond acceptors (Lipinski definition) is 4. The third-order valence-corrected chi connectivity index (χ3v) is 3.35. The van der Waals surface area contributed by atoms with Crippen molar-refractivity contribution in [2.45, 2.75) is 0 Å². The molecule has 0 N–H and O–H groups in total. The van der Waals surface area contributed by atoms with Crippen LogP contribution in [0.25, 0.3) is 16.7 Å². The van der Waals surface area contributed by atoms with E-state index in [2.05, 4.69) is 0 Å². The van der Waals surface area contributed by atoms with Gasteiger partial charge < -0.3 is 0 Å². The molecule has 0 fully saturated rings. The van der Waals surface area contributed by atoms with Gasteiger partial charge in [0.05, 0.1) is 17.5 Å². The van der Waals surface area contributed by atoms with Gasteiger partial charge in [-0.15, -0.1) is 4.73 Å². The molecular weight excluding hydrogens is 292 g/mol. The summed E-state index contributed by atoms with van der Waals surface area (Å²) in [6, 6.07) is 15.8. The molecule has 1 heterocycles. The Morgan fingerprint density at radius 2 is 1.48 bits per heavy atom. The van der Waals surface area contributed by atoms with Gasteiger partial charge in [0.25, 0.3) is 0 Å². The molecule has 6 nitrogen and oxygen atoms in total. The van der Waals surface area contributed by atoms with Crippen molar-refractivity contribution in [1.29, 1.82) is 0 Å². The van der Waals surface area contributed by atoms with Crippen LogP contribution in [0.1, 0.15) is 0 Å². The number of hydrogen-bond donors (Lipinski definition) is 0. The van der Waals surface area contributed by atoms with Crippen LogP contribution in [-0.4, -0.2) is 24.0 Å². The maximum Gasteiger partial charge on any atom is 0.368 e. The summed E-state index contributed by atoms with van der Waals surface area (Å²) in [6.07, 6.45) is 0.897. The number of nitrogens with zero attached hydrogens (tertiary/aromatic N) is 2. The van der Waals surface area contributed by atoms with Gasteiger partial charge in [-0.1, -0.05) is 30.3 Å². The molecule has 108 valence electrons. The van der Waals surface area contributed by atoms with E-state index in [1.807, 2.05) is 6.07 Å². The molecule has 0 atom stereocenters. The zero-order valence-electron chi connectivity index (χ0n) is 11.1. The molecule has 3 rings (SSSR count). The van der Waals surface area contributed by atoms with E-state index in [9.17, 15) is 13.2 Å². The van der Waals surface area contributed by atoms with Crippen LogP contribution in [0.5, 0.6) is 0 Å². The fraction of sp³-hybridized carbons (Fsp3) is 0.0714. The Morgan fingerprint density at radius 1 is 0.905 bits per heavy atom. The molecule has 21 heavy (non-hydrogen) atoms. The Hall–Kier alpha value is -2.54. The van der Waals surface area contributed by atoms with Crippen molar-refractivity contribution in [2.75, 3.05) is 6.26 Å². The first-order chi connectivity index (χ1) is 9.97. The summed E-state index contributed by atoms with van der Waals surface area (Å²) in [5, 5.41) is 0. The Bertz CT molecular complexity index is 956. The monoisotopic (exact) mass is 304 g/mol. The number of imidazole rings is 1. The van der Waals surface area contributed by atoms with Crippen molar-refractivity contribution < 1.29 is 12.7 Å². The SMILES string of the molecule is CS(=O)(=O)On1c(=O)n(-c2ccccc2)c2ccccc21. The minimum Gasteiger partial charge on any atom is -0.282 e. The Kier molecular flexibility index (Phi) is 3.06. The Balaban J connectivity index is 2.37. The van der Waals surface area contributed by atoms with Crippen molar-refractivity contribution in [1.82, 2.24) is 9.30 Å². The fourth-order valence-corrected chi connectivity index (χ4v) is 2.57. The molecule has 0 unspecified atom stereocenters. The summed E-state index contributed by atoms with van der Waals surface area (Å²) in [6.45, 7) is 0. The van der Waals surface area contributed by atoms with Crippen LogP contribution in [0, 0.1) is 0 Å². The molecule has 0 saturated carbocycles. The average molecular weight is 304 g/mol. The molecule has 0 aliphatic rings. The molecule has 0 aliphatic carbocycles. The summed E-state index contributed by atoms with van der Waals surface area (Å²) in [4.78, 5) is 12.5. The summed E-state index contributed by atoms with van der Waals surface area (Å²) in [5.74, 6) is 0. The van der Waals surface area contributed by atoms with E-state index in [0.29, 0.717) is 16.7 Å². The Morgan fingerprint density at radius 3 is 2.10 bits per heavy atom. The predicted octanol–water partition coefficient (Wildman–Crippen LogP) is 1.18. The predicted molar refractivity (Wildman–Crippen MR) is 79.0 cm³/mol. The zero-order valence-corrected chi connectivity index (χ0v) is 11.9. The van der Waals surface area contributed by atoms with Crippen molar-refractivity contribution in [3.63, 3.8) is 0 Å². The van der Waals surface area contributed by atoms with Crippen molar-refractivity contribution in [2.24, 2.45) is 0 Å². The highest BCUT2D eigenvalue weighted by Gasteiger charge is 2.17. The molecule has 2 aromatic carbocycles. The summed E-state index contributed by atoms with van der Waals surface area (Å²) in [7, 11) is -3.81. The second-order valence-electron chi connectivity index (χ2n) is 4.52. The molecule has 0 saturated heterocycles. The van der Waals surface area contributed by atoms with Gasteiger partial charge in [-0.25, -0.2) is 4.79 Å². The molecule has 3 aromatic rings. The van der Waals surface area contributed by atoms with Gasteiger partial charge in [-0.05, 0) is 24.3 Å². The van der Waals surface area contributed by atoms with E-state index in [0.717, 1.165) is 11.0 Å². The second kappa shape index (κ2) is 4.78. The normalized spacial score (nSPS) is 11.7. The maximum absolute atomic E-state index is 12.5. The fourth-order valence-electron chi connectivity index (χ4n) is 2.16. The highest BCUT2D eigenvalue weighted by Crippen LogP contribution is 2.16. The quantitative estimate of drug-likeness (QED) is 0.728. The van der Waals surface area contributed by atoms with Crippen LogP contribution >= 0.6 is 0 Å². The van der Waals surface area contributed by atoms with Gasteiger partial charge in [0, 0.05) is 0 Å². The molecule has 0 spiro atoms. The molecular formula is C14H12N2O4S. The first kappa shape index (κ1) is 13.4. The smallest absolute Gasteiger partial charge is 0.282 e. The molecule has 1 aromatic heterocycles. The van der Waals surface area contributed by atoms with Crippen molar-refractivity contribution >= 4 is 21.2 Å². The van der Waals surface area contributed by atoms with Crippen LogP contribution in [0.4, 0.5) is 0 Å². The van der Waals surface area contributed by atoms with E-state index in [4.69, 9.17) is 4.28 Å². The van der Waals surface area contributed by atoms with Crippen LogP contribution < -0.4 is 9.97 Å². The largest absolute Gasteiger partial charge is 0.368 e. The number of aromatic nitrogens is 2. The van der Waals surface area contributed by atoms with Gasteiger partial charge in [0.1, 0.15) is 5.52 Å². The highest BCUT2D eigenvalue weighted by atomic mass is 32.2. The minimum absolute atomic E-state index is 0.386. The molecule has 0 aliphatic heterocycles. The first-order valence-corrected chi connectivity index (χ1v) is 7.97.